The Labute approximate surface area is 203 Å². The van der Waals surface area contributed by atoms with Crippen LogP contribution in [0.25, 0.3) is 55.2 Å². The van der Waals surface area contributed by atoms with Crippen LogP contribution in [0.3, 0.4) is 0 Å². The standard InChI is InChI=1S/C25H20N8OS/c1-13(34)20-4-5-21(35-20)18-11-27-12-19-22(18)30-25(29-19)23-17-7-15(9-28-24(17)32-31-23)14-6-16(33(2)3)10-26-8-14/h4-12H,1-3H3,(H,29,30)(H,28,31,32). The Morgan fingerprint density at radius 1 is 1.00 bits per heavy atom. The number of pyridine rings is 3. The summed E-state index contributed by atoms with van der Waals surface area (Å²) in [6, 6.07) is 7.89. The van der Waals surface area contributed by atoms with Crippen LogP contribution in [-0.2, 0) is 0 Å². The van der Waals surface area contributed by atoms with Gasteiger partial charge in [0.1, 0.15) is 11.2 Å². The molecule has 9 nitrogen and oxygen atoms in total. The topological polar surface area (TPSA) is 116 Å². The smallest absolute Gasteiger partial charge is 0.169 e. The molecule has 0 radical (unpaired) electrons. The predicted molar refractivity (Wildman–Crippen MR) is 138 cm³/mol. The quantitative estimate of drug-likeness (QED) is 0.335. The SMILES string of the molecule is CC(=O)c1ccc(-c2cncc3[nH]c(-c4n[nH]c5ncc(-c6cncc(N(C)C)c6)cc45)nc23)s1. The molecule has 35 heavy (non-hydrogen) atoms. The number of aromatic amines is 2. The van der Waals surface area contributed by atoms with Crippen LogP contribution >= 0.6 is 11.3 Å². The van der Waals surface area contributed by atoms with E-state index in [1.165, 1.54) is 11.3 Å². The average molecular weight is 481 g/mol. The highest BCUT2D eigenvalue weighted by atomic mass is 32.1. The highest BCUT2D eigenvalue weighted by Gasteiger charge is 2.18. The van der Waals surface area contributed by atoms with Crippen molar-refractivity contribution in [1.29, 1.82) is 0 Å². The Morgan fingerprint density at radius 2 is 1.83 bits per heavy atom. The second kappa shape index (κ2) is 8.10. The van der Waals surface area contributed by atoms with E-state index < -0.39 is 0 Å². The molecule has 0 saturated carbocycles. The van der Waals surface area contributed by atoms with E-state index in [4.69, 9.17) is 4.98 Å². The van der Waals surface area contributed by atoms with E-state index in [-0.39, 0.29) is 5.78 Å². The number of hydrogen-bond donors (Lipinski definition) is 2. The second-order valence-corrected chi connectivity index (χ2v) is 9.49. The number of fused-ring (bicyclic) bond motifs is 2. The van der Waals surface area contributed by atoms with E-state index >= 15 is 0 Å². The number of H-pyrrole nitrogens is 2. The molecule has 6 aromatic rings. The number of rotatable bonds is 5. The van der Waals surface area contributed by atoms with E-state index in [1.54, 1.807) is 19.3 Å². The van der Waals surface area contributed by atoms with E-state index in [1.807, 2.05) is 55.8 Å². The van der Waals surface area contributed by atoms with E-state index in [0.29, 0.717) is 22.0 Å². The molecule has 0 atom stereocenters. The van der Waals surface area contributed by atoms with Crippen molar-refractivity contribution in [3.63, 3.8) is 0 Å². The zero-order valence-electron chi connectivity index (χ0n) is 19.2. The molecule has 172 valence electrons. The van der Waals surface area contributed by atoms with E-state index in [9.17, 15) is 4.79 Å². The lowest BCUT2D eigenvalue weighted by Gasteiger charge is -2.12. The van der Waals surface area contributed by atoms with Crippen molar-refractivity contribution < 1.29 is 4.79 Å². The first-order valence-corrected chi connectivity index (χ1v) is 11.7. The van der Waals surface area contributed by atoms with Crippen molar-refractivity contribution in [2.24, 2.45) is 0 Å². The van der Waals surface area contributed by atoms with Crippen LogP contribution in [0, 0.1) is 0 Å². The fourth-order valence-electron chi connectivity index (χ4n) is 3.97. The Balaban J connectivity index is 1.46. The van der Waals surface area contributed by atoms with Crippen molar-refractivity contribution in [3.8, 4) is 33.1 Å². The van der Waals surface area contributed by atoms with Crippen molar-refractivity contribution >= 4 is 44.9 Å². The highest BCUT2D eigenvalue weighted by Crippen LogP contribution is 2.35. The second-order valence-electron chi connectivity index (χ2n) is 8.41. The summed E-state index contributed by atoms with van der Waals surface area (Å²) >= 11 is 1.44. The first kappa shape index (κ1) is 21.1. The van der Waals surface area contributed by atoms with Gasteiger partial charge in [0, 0.05) is 54.3 Å². The minimum absolute atomic E-state index is 0.0433. The molecule has 0 fully saturated rings. The van der Waals surface area contributed by atoms with Gasteiger partial charge in [0.15, 0.2) is 17.3 Å². The molecule has 0 aliphatic heterocycles. The Bertz CT molecular complexity index is 1730. The predicted octanol–water partition coefficient (Wildman–Crippen LogP) is 4.96. The number of nitrogens with zero attached hydrogens (tertiary/aromatic N) is 6. The van der Waals surface area contributed by atoms with Crippen LogP contribution in [-0.4, -0.2) is 55.0 Å². The van der Waals surface area contributed by atoms with Crippen molar-refractivity contribution in [2.45, 2.75) is 6.92 Å². The normalized spacial score (nSPS) is 11.4. The van der Waals surface area contributed by atoms with Crippen LogP contribution < -0.4 is 4.90 Å². The molecular formula is C25H20N8OS. The third-order valence-electron chi connectivity index (χ3n) is 5.83. The number of thiophene rings is 1. The third-order valence-corrected chi connectivity index (χ3v) is 7.05. The molecule has 6 rings (SSSR count). The Hall–Kier alpha value is -4.44. The van der Waals surface area contributed by atoms with Gasteiger partial charge in [0.25, 0.3) is 0 Å². The van der Waals surface area contributed by atoms with Gasteiger partial charge in [-0.05, 0) is 31.2 Å². The van der Waals surface area contributed by atoms with E-state index in [0.717, 1.165) is 43.7 Å². The largest absolute Gasteiger partial charge is 0.376 e. The maximum atomic E-state index is 11.8. The number of aromatic nitrogens is 7. The summed E-state index contributed by atoms with van der Waals surface area (Å²) in [6.07, 6.45) is 8.98. The third kappa shape index (κ3) is 3.64. The van der Waals surface area contributed by atoms with Gasteiger partial charge in [0.05, 0.1) is 33.9 Å². The first-order chi connectivity index (χ1) is 17.0. The first-order valence-electron chi connectivity index (χ1n) is 10.9. The molecule has 0 aromatic carbocycles. The van der Waals surface area contributed by atoms with Gasteiger partial charge >= 0.3 is 0 Å². The van der Waals surface area contributed by atoms with Crippen molar-refractivity contribution in [2.75, 3.05) is 19.0 Å². The number of carbonyl (C=O) groups is 1. The van der Waals surface area contributed by atoms with Gasteiger partial charge in [-0.15, -0.1) is 11.3 Å². The molecule has 6 heterocycles. The molecule has 0 bridgehead atoms. The molecule has 0 amide bonds. The van der Waals surface area contributed by atoms with Gasteiger partial charge in [-0.3, -0.25) is 19.9 Å². The molecule has 0 saturated heterocycles. The maximum Gasteiger partial charge on any atom is 0.169 e. The summed E-state index contributed by atoms with van der Waals surface area (Å²) in [4.78, 5) is 37.0. The Kier molecular flexibility index (Phi) is 4.89. The lowest BCUT2D eigenvalue weighted by atomic mass is 10.1. The molecule has 6 aromatic heterocycles. The summed E-state index contributed by atoms with van der Waals surface area (Å²) in [5.41, 5.74) is 6.68. The zero-order valence-corrected chi connectivity index (χ0v) is 20.0. The maximum absolute atomic E-state index is 11.8. The molecular weight excluding hydrogens is 460 g/mol. The molecule has 0 unspecified atom stereocenters. The summed E-state index contributed by atoms with van der Waals surface area (Å²) in [6.45, 7) is 1.57. The molecule has 10 heteroatoms. The van der Waals surface area contributed by atoms with Gasteiger partial charge in [-0.25, -0.2) is 9.97 Å². The molecule has 2 N–H and O–H groups in total. The number of hydrogen-bond acceptors (Lipinski definition) is 8. The number of imidazole rings is 1. The minimum Gasteiger partial charge on any atom is -0.376 e. The number of nitrogens with one attached hydrogen (secondary N) is 2. The number of Topliss-reactive ketones (excluding diaryl/α,β-unsaturated/α-hetero) is 1. The fraction of sp³-hybridized carbons (Fsp3) is 0.120. The van der Waals surface area contributed by atoms with E-state index in [2.05, 4.69) is 36.2 Å². The van der Waals surface area contributed by atoms with Crippen LogP contribution in [0.2, 0.25) is 0 Å². The summed E-state index contributed by atoms with van der Waals surface area (Å²) < 4.78 is 0. The molecule has 0 aliphatic rings. The fourth-order valence-corrected chi connectivity index (χ4v) is 4.88. The zero-order chi connectivity index (χ0) is 24.1. The van der Waals surface area contributed by atoms with Crippen LogP contribution in [0.4, 0.5) is 5.69 Å². The van der Waals surface area contributed by atoms with Gasteiger partial charge in [0.2, 0.25) is 0 Å². The minimum atomic E-state index is 0.0433. The molecule has 0 spiro atoms. The monoisotopic (exact) mass is 480 g/mol. The summed E-state index contributed by atoms with van der Waals surface area (Å²) in [5, 5.41) is 8.36. The Morgan fingerprint density at radius 3 is 2.63 bits per heavy atom. The number of carbonyl (C=O) groups excluding carboxylic acids is 1. The van der Waals surface area contributed by atoms with Crippen LogP contribution in [0.5, 0.6) is 0 Å². The van der Waals surface area contributed by atoms with Gasteiger partial charge in [-0.2, -0.15) is 5.10 Å². The number of ketones is 1. The number of anilines is 1. The summed E-state index contributed by atoms with van der Waals surface area (Å²) in [5.74, 6) is 0.657. The van der Waals surface area contributed by atoms with Crippen molar-refractivity contribution in [3.05, 3.63) is 60.1 Å². The highest BCUT2D eigenvalue weighted by molar-refractivity contribution is 7.17. The average Bonchev–Trinajstić information content (AvgIpc) is 3.61. The van der Waals surface area contributed by atoms with Crippen molar-refractivity contribution in [1.82, 2.24) is 35.1 Å². The van der Waals surface area contributed by atoms with Crippen LogP contribution in [0.15, 0.2) is 55.2 Å². The lowest BCUT2D eigenvalue weighted by molar-refractivity contribution is 0.102. The van der Waals surface area contributed by atoms with Gasteiger partial charge in [-0.1, -0.05) is 0 Å². The molecule has 0 aliphatic carbocycles. The van der Waals surface area contributed by atoms with Crippen LogP contribution in [0.1, 0.15) is 16.6 Å². The lowest BCUT2D eigenvalue weighted by Crippen LogP contribution is -2.08. The van der Waals surface area contributed by atoms with Gasteiger partial charge < -0.3 is 9.88 Å². The summed E-state index contributed by atoms with van der Waals surface area (Å²) in [7, 11) is 3.97.